The van der Waals surface area contributed by atoms with Crippen LogP contribution in [0.4, 0.5) is 0 Å². The standard InChI is InChI=1S/C12H15N/c1-9(7-11-8-12(11)13)10-5-3-2-4-6-10/h2-7,11-12H,8,13H2,1H3/b9-7+. The lowest BCUT2D eigenvalue weighted by atomic mass is 10.1. The van der Waals surface area contributed by atoms with Crippen LogP contribution < -0.4 is 5.73 Å². The molecule has 0 aliphatic heterocycles. The van der Waals surface area contributed by atoms with Gasteiger partial charge in [-0.25, -0.2) is 0 Å². The minimum atomic E-state index is 0.415. The summed E-state index contributed by atoms with van der Waals surface area (Å²) in [7, 11) is 0. The molecule has 1 nitrogen and oxygen atoms in total. The molecule has 0 amide bonds. The van der Waals surface area contributed by atoms with Gasteiger partial charge in [-0.2, -0.15) is 0 Å². The monoisotopic (exact) mass is 173 g/mol. The molecule has 0 spiro atoms. The van der Waals surface area contributed by atoms with Gasteiger partial charge in [0.2, 0.25) is 0 Å². The third-order valence-electron chi connectivity index (χ3n) is 2.58. The number of nitrogens with two attached hydrogens (primary N) is 1. The lowest BCUT2D eigenvalue weighted by molar-refractivity contribution is 0.976. The predicted octanol–water partition coefficient (Wildman–Crippen LogP) is 2.44. The first-order valence-electron chi connectivity index (χ1n) is 4.77. The quantitative estimate of drug-likeness (QED) is 0.730. The van der Waals surface area contributed by atoms with Gasteiger partial charge in [-0.05, 0) is 30.4 Å². The molecule has 1 saturated carbocycles. The highest BCUT2D eigenvalue weighted by Gasteiger charge is 2.30. The Kier molecular flexibility index (Phi) is 2.19. The third-order valence-corrected chi connectivity index (χ3v) is 2.58. The van der Waals surface area contributed by atoms with E-state index in [-0.39, 0.29) is 0 Å². The summed E-state index contributed by atoms with van der Waals surface area (Å²) in [4.78, 5) is 0. The summed E-state index contributed by atoms with van der Waals surface area (Å²) in [5.41, 5.74) is 8.40. The molecule has 1 aliphatic carbocycles. The smallest absolute Gasteiger partial charge is 0.0109 e. The number of allylic oxidation sites excluding steroid dienone is 1. The van der Waals surface area contributed by atoms with Gasteiger partial charge < -0.3 is 5.73 Å². The molecule has 2 unspecified atom stereocenters. The zero-order chi connectivity index (χ0) is 9.26. The average Bonchev–Trinajstić information content (AvgIpc) is 2.83. The largest absolute Gasteiger partial charge is 0.327 e. The van der Waals surface area contributed by atoms with Crippen LogP contribution in [0.1, 0.15) is 18.9 Å². The lowest BCUT2D eigenvalue weighted by Crippen LogP contribution is -2.00. The van der Waals surface area contributed by atoms with E-state index in [2.05, 4.69) is 37.3 Å². The zero-order valence-electron chi connectivity index (χ0n) is 7.90. The van der Waals surface area contributed by atoms with Gasteiger partial charge >= 0.3 is 0 Å². The van der Waals surface area contributed by atoms with Crippen LogP contribution in [0.15, 0.2) is 36.4 Å². The molecular formula is C12H15N. The van der Waals surface area contributed by atoms with Crippen LogP contribution in [0.5, 0.6) is 0 Å². The fraction of sp³-hybridized carbons (Fsp3) is 0.333. The highest BCUT2D eigenvalue weighted by atomic mass is 14.7. The normalized spacial score (nSPS) is 27.4. The predicted molar refractivity (Wildman–Crippen MR) is 56.2 cm³/mol. The highest BCUT2D eigenvalue weighted by Crippen LogP contribution is 2.32. The maximum atomic E-state index is 5.75. The van der Waals surface area contributed by atoms with Crippen LogP contribution in [0.2, 0.25) is 0 Å². The Morgan fingerprint density at radius 2 is 2.00 bits per heavy atom. The first-order valence-corrected chi connectivity index (χ1v) is 4.77. The molecule has 1 fully saturated rings. The minimum Gasteiger partial charge on any atom is -0.327 e. The molecule has 13 heavy (non-hydrogen) atoms. The zero-order valence-corrected chi connectivity index (χ0v) is 7.90. The lowest BCUT2D eigenvalue weighted by Gasteiger charge is -1.99. The Morgan fingerprint density at radius 1 is 1.38 bits per heavy atom. The molecule has 0 radical (unpaired) electrons. The van der Waals surface area contributed by atoms with E-state index in [0.717, 1.165) is 6.42 Å². The van der Waals surface area contributed by atoms with Crippen molar-refractivity contribution >= 4 is 5.57 Å². The van der Waals surface area contributed by atoms with Gasteiger partial charge in [-0.3, -0.25) is 0 Å². The Bertz CT molecular complexity index is 313. The molecule has 2 rings (SSSR count). The van der Waals surface area contributed by atoms with E-state index in [9.17, 15) is 0 Å². The third kappa shape index (κ3) is 1.99. The van der Waals surface area contributed by atoms with Crippen molar-refractivity contribution in [2.75, 3.05) is 0 Å². The summed E-state index contributed by atoms with van der Waals surface area (Å²) in [6.07, 6.45) is 3.45. The van der Waals surface area contributed by atoms with Gasteiger partial charge in [-0.15, -0.1) is 0 Å². The van der Waals surface area contributed by atoms with Crippen LogP contribution >= 0.6 is 0 Å². The van der Waals surface area contributed by atoms with Crippen molar-refractivity contribution in [2.24, 2.45) is 11.7 Å². The van der Waals surface area contributed by atoms with Gasteiger partial charge in [0.15, 0.2) is 0 Å². The topological polar surface area (TPSA) is 26.0 Å². The van der Waals surface area contributed by atoms with E-state index in [1.807, 2.05) is 6.07 Å². The Labute approximate surface area is 79.3 Å². The Balaban J connectivity index is 2.13. The van der Waals surface area contributed by atoms with Crippen LogP contribution in [-0.2, 0) is 0 Å². The van der Waals surface area contributed by atoms with Gasteiger partial charge in [0.05, 0.1) is 0 Å². The number of hydrogen-bond acceptors (Lipinski definition) is 1. The van der Waals surface area contributed by atoms with Gasteiger partial charge in [-0.1, -0.05) is 36.4 Å². The summed E-state index contributed by atoms with van der Waals surface area (Å²) < 4.78 is 0. The molecule has 68 valence electrons. The van der Waals surface area contributed by atoms with Crippen molar-refractivity contribution in [2.45, 2.75) is 19.4 Å². The molecule has 0 saturated heterocycles. The molecule has 2 N–H and O–H groups in total. The SMILES string of the molecule is C/C(=C\C1CC1N)c1ccccc1. The number of benzene rings is 1. The van der Waals surface area contributed by atoms with Gasteiger partial charge in [0.25, 0.3) is 0 Å². The minimum absolute atomic E-state index is 0.415. The second-order valence-electron chi connectivity index (χ2n) is 3.78. The molecule has 0 bridgehead atoms. The van der Waals surface area contributed by atoms with Gasteiger partial charge in [0, 0.05) is 6.04 Å². The summed E-state index contributed by atoms with van der Waals surface area (Å²) in [5.74, 6) is 0.625. The summed E-state index contributed by atoms with van der Waals surface area (Å²) in [5, 5.41) is 0. The summed E-state index contributed by atoms with van der Waals surface area (Å²) >= 11 is 0. The van der Waals surface area contributed by atoms with Crippen molar-refractivity contribution in [3.05, 3.63) is 42.0 Å². The first-order chi connectivity index (χ1) is 6.27. The maximum Gasteiger partial charge on any atom is 0.0109 e. The molecule has 0 aromatic heterocycles. The molecule has 2 atom stereocenters. The van der Waals surface area contributed by atoms with Crippen LogP contribution in [0, 0.1) is 5.92 Å². The van der Waals surface area contributed by atoms with Crippen LogP contribution in [0.25, 0.3) is 5.57 Å². The van der Waals surface area contributed by atoms with E-state index < -0.39 is 0 Å². The van der Waals surface area contributed by atoms with Gasteiger partial charge in [0.1, 0.15) is 0 Å². The van der Waals surface area contributed by atoms with Crippen molar-refractivity contribution in [3.8, 4) is 0 Å². The molecular weight excluding hydrogens is 158 g/mol. The fourth-order valence-electron chi connectivity index (χ4n) is 1.55. The van der Waals surface area contributed by atoms with E-state index in [0.29, 0.717) is 12.0 Å². The first kappa shape index (κ1) is 8.52. The molecule has 0 heterocycles. The molecule has 1 heteroatoms. The van der Waals surface area contributed by atoms with E-state index in [1.165, 1.54) is 11.1 Å². The van der Waals surface area contributed by atoms with Crippen molar-refractivity contribution in [3.63, 3.8) is 0 Å². The van der Waals surface area contributed by atoms with Crippen molar-refractivity contribution in [1.29, 1.82) is 0 Å². The molecule has 1 aromatic rings. The Hall–Kier alpha value is -1.08. The molecule has 1 aromatic carbocycles. The maximum absolute atomic E-state index is 5.75. The fourth-order valence-corrected chi connectivity index (χ4v) is 1.55. The van der Waals surface area contributed by atoms with E-state index in [4.69, 9.17) is 5.73 Å². The summed E-state index contributed by atoms with van der Waals surface area (Å²) in [6, 6.07) is 10.9. The van der Waals surface area contributed by atoms with E-state index >= 15 is 0 Å². The summed E-state index contributed by atoms with van der Waals surface area (Å²) in [6.45, 7) is 2.15. The van der Waals surface area contributed by atoms with Crippen molar-refractivity contribution < 1.29 is 0 Å². The highest BCUT2D eigenvalue weighted by molar-refractivity contribution is 5.64. The number of hydrogen-bond donors (Lipinski definition) is 1. The van der Waals surface area contributed by atoms with E-state index in [1.54, 1.807) is 0 Å². The van der Waals surface area contributed by atoms with Crippen molar-refractivity contribution in [1.82, 2.24) is 0 Å². The molecule has 1 aliphatic rings. The second-order valence-corrected chi connectivity index (χ2v) is 3.78. The Morgan fingerprint density at radius 3 is 2.54 bits per heavy atom. The van der Waals surface area contributed by atoms with Crippen LogP contribution in [0.3, 0.4) is 0 Å². The number of rotatable bonds is 2. The average molecular weight is 173 g/mol. The van der Waals surface area contributed by atoms with Crippen LogP contribution in [-0.4, -0.2) is 6.04 Å². The second kappa shape index (κ2) is 3.35.